The predicted molar refractivity (Wildman–Crippen MR) is 105 cm³/mol. The van der Waals surface area contributed by atoms with E-state index in [1.807, 2.05) is 41.3 Å². The molecule has 0 radical (unpaired) electrons. The largest absolute Gasteiger partial charge is 0.486 e. The van der Waals surface area contributed by atoms with Crippen molar-refractivity contribution in [1.82, 2.24) is 9.80 Å². The maximum absolute atomic E-state index is 12.6. The van der Waals surface area contributed by atoms with Crippen LogP contribution in [0.1, 0.15) is 23.2 Å². The van der Waals surface area contributed by atoms with E-state index in [2.05, 4.69) is 24.0 Å². The van der Waals surface area contributed by atoms with Crippen LogP contribution in [0.15, 0.2) is 59.0 Å². The molecule has 1 amide bonds. The van der Waals surface area contributed by atoms with E-state index >= 15 is 0 Å². The number of nitrogens with zero attached hydrogens (tertiary/aromatic N) is 2. The minimum Gasteiger partial charge on any atom is -0.486 e. The fraction of sp³-hybridized carbons (Fsp3) is 0.318. The van der Waals surface area contributed by atoms with Gasteiger partial charge in [-0.15, -0.1) is 0 Å². The van der Waals surface area contributed by atoms with Gasteiger partial charge < -0.3 is 19.0 Å². The van der Waals surface area contributed by atoms with Gasteiger partial charge in [0, 0.05) is 26.2 Å². The summed E-state index contributed by atoms with van der Waals surface area (Å²) in [6, 6.07) is 17.7. The van der Waals surface area contributed by atoms with Gasteiger partial charge in [-0.2, -0.15) is 0 Å². The van der Waals surface area contributed by atoms with Crippen molar-refractivity contribution in [3.05, 3.63) is 66.1 Å². The molecule has 27 heavy (non-hydrogen) atoms. The summed E-state index contributed by atoms with van der Waals surface area (Å²) in [6.45, 7) is 6.80. The van der Waals surface area contributed by atoms with Gasteiger partial charge in [0.25, 0.3) is 5.91 Å². The van der Waals surface area contributed by atoms with Crippen LogP contribution in [0.2, 0.25) is 0 Å². The third-order valence-electron chi connectivity index (χ3n) is 5.08. The highest BCUT2D eigenvalue weighted by Gasteiger charge is 2.23. The second-order valence-electron chi connectivity index (χ2n) is 6.79. The first kappa shape index (κ1) is 17.6. The molecule has 3 aromatic rings. The average molecular weight is 364 g/mol. The van der Waals surface area contributed by atoms with Crippen LogP contribution in [0.25, 0.3) is 10.8 Å². The van der Waals surface area contributed by atoms with Gasteiger partial charge in [-0.1, -0.05) is 37.3 Å². The van der Waals surface area contributed by atoms with Crippen LogP contribution in [0, 0.1) is 0 Å². The zero-order valence-electron chi connectivity index (χ0n) is 15.6. The number of piperazine rings is 1. The topological polar surface area (TPSA) is 45.9 Å². The predicted octanol–water partition coefficient (Wildman–Crippen LogP) is 3.79. The maximum Gasteiger partial charge on any atom is 0.289 e. The lowest BCUT2D eigenvalue weighted by molar-refractivity contribution is 0.0608. The first-order valence-corrected chi connectivity index (χ1v) is 9.45. The highest BCUT2D eigenvalue weighted by molar-refractivity contribution is 5.91. The smallest absolute Gasteiger partial charge is 0.289 e. The fourth-order valence-electron chi connectivity index (χ4n) is 3.41. The normalized spacial score (nSPS) is 15.2. The van der Waals surface area contributed by atoms with Crippen molar-refractivity contribution in [2.75, 3.05) is 32.7 Å². The number of likely N-dealkylation sites (N-methyl/N-ethyl adjacent to an activating group) is 1. The molecule has 0 bridgehead atoms. The number of hydrogen-bond acceptors (Lipinski definition) is 4. The molecule has 1 aromatic heterocycles. The summed E-state index contributed by atoms with van der Waals surface area (Å²) in [5, 5.41) is 2.32. The first-order valence-electron chi connectivity index (χ1n) is 9.45. The molecule has 2 aromatic carbocycles. The summed E-state index contributed by atoms with van der Waals surface area (Å²) in [7, 11) is 0. The Balaban J connectivity index is 1.37. The second-order valence-corrected chi connectivity index (χ2v) is 6.79. The van der Waals surface area contributed by atoms with E-state index in [1.54, 1.807) is 6.07 Å². The maximum atomic E-state index is 12.6. The van der Waals surface area contributed by atoms with Gasteiger partial charge in [-0.25, -0.2) is 0 Å². The number of carbonyl (C=O) groups is 1. The summed E-state index contributed by atoms with van der Waals surface area (Å²) < 4.78 is 11.6. The summed E-state index contributed by atoms with van der Waals surface area (Å²) in [5.41, 5.74) is 0. The number of benzene rings is 2. The SMILES string of the molecule is CCN1CCN(C(=O)c2ccc(COc3ccc4ccccc4c3)o2)CC1. The molecule has 4 rings (SSSR count). The van der Waals surface area contributed by atoms with E-state index in [9.17, 15) is 4.79 Å². The van der Waals surface area contributed by atoms with E-state index in [0.717, 1.165) is 43.9 Å². The molecule has 140 valence electrons. The van der Waals surface area contributed by atoms with Crippen LogP contribution in [0.4, 0.5) is 0 Å². The third-order valence-corrected chi connectivity index (χ3v) is 5.08. The lowest BCUT2D eigenvalue weighted by Crippen LogP contribution is -2.48. The number of carbonyl (C=O) groups excluding carboxylic acids is 1. The molecule has 1 saturated heterocycles. The summed E-state index contributed by atoms with van der Waals surface area (Å²) >= 11 is 0. The molecule has 0 saturated carbocycles. The first-order chi connectivity index (χ1) is 13.2. The molecule has 1 aliphatic heterocycles. The van der Waals surface area contributed by atoms with E-state index in [0.29, 0.717) is 18.1 Å². The molecule has 5 nitrogen and oxygen atoms in total. The van der Waals surface area contributed by atoms with Crippen LogP contribution in [-0.2, 0) is 6.61 Å². The Hall–Kier alpha value is -2.79. The quantitative estimate of drug-likeness (QED) is 0.691. The van der Waals surface area contributed by atoms with Crippen LogP contribution < -0.4 is 4.74 Å². The van der Waals surface area contributed by atoms with Gasteiger partial charge in [0.2, 0.25) is 0 Å². The zero-order valence-corrected chi connectivity index (χ0v) is 15.6. The molecule has 2 heterocycles. The van der Waals surface area contributed by atoms with Gasteiger partial charge in [0.15, 0.2) is 5.76 Å². The molecule has 1 fully saturated rings. The molecular formula is C22H24N2O3. The number of hydrogen-bond donors (Lipinski definition) is 0. The van der Waals surface area contributed by atoms with Crippen molar-refractivity contribution >= 4 is 16.7 Å². The van der Waals surface area contributed by atoms with Gasteiger partial charge in [0.1, 0.15) is 18.1 Å². The van der Waals surface area contributed by atoms with Crippen LogP contribution >= 0.6 is 0 Å². The van der Waals surface area contributed by atoms with Crippen LogP contribution in [0.5, 0.6) is 5.75 Å². The number of fused-ring (bicyclic) bond motifs is 1. The molecule has 0 aliphatic carbocycles. The Kier molecular flexibility index (Phi) is 5.12. The highest BCUT2D eigenvalue weighted by Crippen LogP contribution is 2.22. The lowest BCUT2D eigenvalue weighted by Gasteiger charge is -2.33. The van der Waals surface area contributed by atoms with Crippen molar-refractivity contribution in [2.24, 2.45) is 0 Å². The summed E-state index contributed by atoms with van der Waals surface area (Å²) in [6.07, 6.45) is 0. The zero-order chi connectivity index (χ0) is 18.6. The van der Waals surface area contributed by atoms with E-state index < -0.39 is 0 Å². The van der Waals surface area contributed by atoms with Gasteiger partial charge in [-0.3, -0.25) is 4.79 Å². The van der Waals surface area contributed by atoms with Gasteiger partial charge >= 0.3 is 0 Å². The number of rotatable bonds is 5. The fourth-order valence-corrected chi connectivity index (χ4v) is 3.41. The molecular weight excluding hydrogens is 340 g/mol. The van der Waals surface area contributed by atoms with E-state index in [4.69, 9.17) is 9.15 Å². The Bertz CT molecular complexity index is 926. The summed E-state index contributed by atoms with van der Waals surface area (Å²) in [5.74, 6) is 1.78. The minimum absolute atomic E-state index is 0.0392. The van der Waals surface area contributed by atoms with Crippen LogP contribution in [-0.4, -0.2) is 48.4 Å². The Morgan fingerprint density at radius 2 is 1.78 bits per heavy atom. The Morgan fingerprint density at radius 1 is 1.00 bits per heavy atom. The van der Waals surface area contributed by atoms with Crippen molar-refractivity contribution in [3.8, 4) is 5.75 Å². The van der Waals surface area contributed by atoms with E-state index in [1.165, 1.54) is 5.39 Å². The van der Waals surface area contributed by atoms with Gasteiger partial charge in [0.05, 0.1) is 0 Å². The lowest BCUT2D eigenvalue weighted by atomic mass is 10.1. The van der Waals surface area contributed by atoms with E-state index in [-0.39, 0.29) is 5.91 Å². The standard InChI is InChI=1S/C22H24N2O3/c1-2-23-11-13-24(14-12-23)22(25)21-10-9-20(27-21)16-26-19-8-7-17-5-3-4-6-18(17)15-19/h3-10,15H,2,11-14,16H2,1H3. The second kappa shape index (κ2) is 7.84. The van der Waals surface area contributed by atoms with Crippen molar-refractivity contribution in [3.63, 3.8) is 0 Å². The van der Waals surface area contributed by atoms with Crippen molar-refractivity contribution in [1.29, 1.82) is 0 Å². The monoisotopic (exact) mass is 364 g/mol. The Labute approximate surface area is 159 Å². The minimum atomic E-state index is -0.0392. The van der Waals surface area contributed by atoms with Crippen molar-refractivity contribution in [2.45, 2.75) is 13.5 Å². The molecule has 0 unspecified atom stereocenters. The highest BCUT2D eigenvalue weighted by atomic mass is 16.5. The van der Waals surface area contributed by atoms with Gasteiger partial charge in [-0.05, 0) is 41.6 Å². The molecule has 0 atom stereocenters. The number of ether oxygens (including phenoxy) is 1. The third kappa shape index (κ3) is 3.98. The Morgan fingerprint density at radius 3 is 2.56 bits per heavy atom. The molecule has 1 aliphatic rings. The molecule has 0 spiro atoms. The average Bonchev–Trinajstić information content (AvgIpc) is 3.20. The summed E-state index contributed by atoms with van der Waals surface area (Å²) in [4.78, 5) is 16.8. The molecule has 0 N–H and O–H groups in total. The number of furan rings is 1. The number of amides is 1. The van der Waals surface area contributed by atoms with Crippen molar-refractivity contribution < 1.29 is 13.9 Å². The van der Waals surface area contributed by atoms with Crippen LogP contribution in [0.3, 0.4) is 0 Å². The molecule has 5 heteroatoms.